The highest BCUT2D eigenvalue weighted by Gasteiger charge is 2.26. The van der Waals surface area contributed by atoms with Crippen molar-refractivity contribution in [3.05, 3.63) is 11.3 Å². The first-order valence-electron chi connectivity index (χ1n) is 7.47. The minimum absolute atomic E-state index is 0.0704. The summed E-state index contributed by atoms with van der Waals surface area (Å²) in [4.78, 5) is 0. The van der Waals surface area contributed by atoms with Crippen molar-refractivity contribution in [3.8, 4) is 0 Å². The highest BCUT2D eigenvalue weighted by atomic mass is 32.2. The van der Waals surface area contributed by atoms with Crippen LogP contribution in [0.3, 0.4) is 0 Å². The summed E-state index contributed by atoms with van der Waals surface area (Å²) in [5.41, 5.74) is 1.43. The van der Waals surface area contributed by atoms with E-state index in [1.165, 1.54) is 0 Å². The molecule has 0 aliphatic carbocycles. The zero-order chi connectivity index (χ0) is 16.1. The Morgan fingerprint density at radius 3 is 2.52 bits per heavy atom. The first-order chi connectivity index (χ1) is 9.73. The van der Waals surface area contributed by atoms with Gasteiger partial charge in [-0.25, -0.2) is 13.1 Å². The number of hydrogen-bond acceptors (Lipinski definition) is 4. The predicted octanol–water partition coefficient (Wildman–Crippen LogP) is 1.93. The summed E-state index contributed by atoms with van der Waals surface area (Å²) in [5.74, 6) is 0. The summed E-state index contributed by atoms with van der Waals surface area (Å²) < 4.78 is 27.6. The third-order valence-electron chi connectivity index (χ3n) is 3.72. The Labute approximate surface area is 128 Å². The molecule has 0 radical (unpaired) electrons. The van der Waals surface area contributed by atoms with Gasteiger partial charge in [0.1, 0.15) is 0 Å². The Morgan fingerprint density at radius 2 is 1.95 bits per heavy atom. The van der Waals surface area contributed by atoms with Crippen molar-refractivity contribution in [1.29, 1.82) is 0 Å². The molecule has 0 fully saturated rings. The van der Waals surface area contributed by atoms with Crippen LogP contribution in [0.1, 0.15) is 51.8 Å². The number of nitrogens with zero attached hydrogens (tertiary/aromatic N) is 1. The van der Waals surface area contributed by atoms with Crippen molar-refractivity contribution in [3.63, 3.8) is 0 Å². The summed E-state index contributed by atoms with van der Waals surface area (Å²) in [6.45, 7) is 11.8. The van der Waals surface area contributed by atoms with Crippen LogP contribution in [-0.2, 0) is 16.6 Å². The van der Waals surface area contributed by atoms with Crippen LogP contribution in [-0.4, -0.2) is 31.7 Å². The second-order valence-electron chi connectivity index (χ2n) is 6.15. The predicted molar refractivity (Wildman–Crippen MR) is 84.6 cm³/mol. The number of sulfonamides is 1. The third-order valence-corrected chi connectivity index (χ3v) is 5.09. The molecule has 0 saturated heterocycles. The van der Waals surface area contributed by atoms with E-state index in [1.54, 1.807) is 0 Å². The van der Waals surface area contributed by atoms with Gasteiger partial charge in [-0.3, -0.25) is 5.10 Å². The van der Waals surface area contributed by atoms with E-state index >= 15 is 0 Å². The van der Waals surface area contributed by atoms with Crippen molar-refractivity contribution in [2.45, 2.75) is 59.0 Å². The lowest BCUT2D eigenvalue weighted by Gasteiger charge is -2.22. The maximum absolute atomic E-state index is 12.4. The largest absolute Gasteiger partial charge is 0.313 e. The second kappa shape index (κ2) is 7.38. The zero-order valence-electron chi connectivity index (χ0n) is 13.7. The molecule has 0 amide bonds. The monoisotopic (exact) mass is 316 g/mol. The standard InChI is InChI=1S/C14H28N4O2S/c1-6-8-15-9-12-11(3)17-18-13(12)21(19,20)16-10-14(4,5)7-2/h15-16H,6-10H2,1-5H3,(H,17,18). The SMILES string of the molecule is CCCNCc1c(S(=O)(=O)NCC(C)(C)CC)n[nH]c1C. The molecule has 1 rings (SSSR count). The Hall–Kier alpha value is -0.920. The normalized spacial score (nSPS) is 12.8. The molecule has 7 heteroatoms. The van der Waals surface area contributed by atoms with E-state index in [0.717, 1.165) is 25.1 Å². The van der Waals surface area contributed by atoms with E-state index in [2.05, 4.69) is 27.2 Å². The number of H-pyrrole nitrogens is 1. The molecule has 1 aromatic rings. The van der Waals surface area contributed by atoms with Crippen LogP contribution < -0.4 is 10.0 Å². The van der Waals surface area contributed by atoms with Crippen molar-refractivity contribution in [2.75, 3.05) is 13.1 Å². The Bertz CT molecular complexity index is 549. The van der Waals surface area contributed by atoms with Crippen LogP contribution in [0.4, 0.5) is 0 Å². The van der Waals surface area contributed by atoms with Gasteiger partial charge in [0.15, 0.2) is 5.03 Å². The molecule has 0 bridgehead atoms. The smallest absolute Gasteiger partial charge is 0.260 e. The molecule has 1 aromatic heterocycles. The molecule has 3 N–H and O–H groups in total. The highest BCUT2D eigenvalue weighted by molar-refractivity contribution is 7.89. The number of rotatable bonds is 9. The quantitative estimate of drug-likeness (QED) is 0.608. The van der Waals surface area contributed by atoms with Gasteiger partial charge < -0.3 is 5.32 Å². The van der Waals surface area contributed by atoms with Gasteiger partial charge in [-0.05, 0) is 31.7 Å². The molecule has 0 unspecified atom stereocenters. The van der Waals surface area contributed by atoms with Crippen LogP contribution >= 0.6 is 0 Å². The van der Waals surface area contributed by atoms with Crippen molar-refractivity contribution in [1.82, 2.24) is 20.2 Å². The average Bonchev–Trinajstić information content (AvgIpc) is 2.80. The van der Waals surface area contributed by atoms with Crippen molar-refractivity contribution < 1.29 is 8.42 Å². The fraction of sp³-hybridized carbons (Fsp3) is 0.786. The molecule has 122 valence electrons. The van der Waals surface area contributed by atoms with Crippen molar-refractivity contribution in [2.24, 2.45) is 5.41 Å². The minimum Gasteiger partial charge on any atom is -0.313 e. The van der Waals surface area contributed by atoms with Crippen LogP contribution in [0.5, 0.6) is 0 Å². The van der Waals surface area contributed by atoms with Crippen molar-refractivity contribution >= 4 is 10.0 Å². The second-order valence-corrected chi connectivity index (χ2v) is 7.83. The molecule has 0 spiro atoms. The number of aromatic amines is 1. The van der Waals surface area contributed by atoms with Crippen LogP contribution in [0.15, 0.2) is 5.03 Å². The summed E-state index contributed by atoms with van der Waals surface area (Å²) in [6.07, 6.45) is 1.90. The summed E-state index contributed by atoms with van der Waals surface area (Å²) in [6, 6.07) is 0. The highest BCUT2D eigenvalue weighted by Crippen LogP contribution is 2.20. The van der Waals surface area contributed by atoms with Gasteiger partial charge in [0.25, 0.3) is 10.0 Å². The first-order valence-corrected chi connectivity index (χ1v) is 8.96. The molecule has 0 aliphatic rings. The third kappa shape index (κ3) is 5.09. The van der Waals surface area contributed by atoms with Gasteiger partial charge in [0, 0.05) is 24.3 Å². The fourth-order valence-electron chi connectivity index (χ4n) is 1.73. The minimum atomic E-state index is -3.58. The van der Waals surface area contributed by atoms with E-state index < -0.39 is 10.0 Å². The van der Waals surface area contributed by atoms with Gasteiger partial charge >= 0.3 is 0 Å². The molecule has 21 heavy (non-hydrogen) atoms. The topological polar surface area (TPSA) is 86.9 Å². The zero-order valence-corrected chi connectivity index (χ0v) is 14.5. The van der Waals surface area contributed by atoms with Crippen LogP contribution in [0.25, 0.3) is 0 Å². The molecule has 1 heterocycles. The van der Waals surface area contributed by atoms with Gasteiger partial charge in [-0.2, -0.15) is 5.10 Å². The number of aromatic nitrogens is 2. The molecule has 0 aliphatic heterocycles. The number of aryl methyl sites for hydroxylation is 1. The lowest BCUT2D eigenvalue weighted by Crippen LogP contribution is -2.34. The molecule has 6 nitrogen and oxygen atoms in total. The van der Waals surface area contributed by atoms with Gasteiger partial charge in [-0.15, -0.1) is 0 Å². The van der Waals surface area contributed by atoms with E-state index in [0.29, 0.717) is 18.7 Å². The summed E-state index contributed by atoms with van der Waals surface area (Å²) >= 11 is 0. The Kier molecular flexibility index (Phi) is 6.37. The molecule has 0 aromatic carbocycles. The molecule has 0 saturated carbocycles. The maximum atomic E-state index is 12.4. The fourth-order valence-corrected chi connectivity index (χ4v) is 3.17. The molecule has 0 atom stereocenters. The average molecular weight is 316 g/mol. The number of hydrogen-bond donors (Lipinski definition) is 3. The van der Waals surface area contributed by atoms with E-state index in [4.69, 9.17) is 0 Å². The summed E-state index contributed by atoms with van der Waals surface area (Å²) in [5, 5.41) is 10.1. The van der Waals surface area contributed by atoms with Crippen LogP contribution in [0, 0.1) is 12.3 Å². The van der Waals surface area contributed by atoms with E-state index in [9.17, 15) is 8.42 Å². The lowest BCUT2D eigenvalue weighted by atomic mass is 9.91. The molecular formula is C14H28N4O2S. The van der Waals surface area contributed by atoms with Gasteiger partial charge in [0.05, 0.1) is 0 Å². The Balaban J connectivity index is 2.88. The maximum Gasteiger partial charge on any atom is 0.260 e. The van der Waals surface area contributed by atoms with E-state index in [1.807, 2.05) is 27.7 Å². The summed E-state index contributed by atoms with van der Waals surface area (Å²) in [7, 11) is -3.58. The lowest BCUT2D eigenvalue weighted by molar-refractivity contribution is 0.350. The van der Waals surface area contributed by atoms with Crippen LogP contribution in [0.2, 0.25) is 0 Å². The van der Waals surface area contributed by atoms with E-state index in [-0.39, 0.29) is 10.4 Å². The first kappa shape index (κ1) is 18.1. The van der Waals surface area contributed by atoms with Gasteiger partial charge in [-0.1, -0.05) is 27.7 Å². The number of nitrogens with one attached hydrogen (secondary N) is 3. The Morgan fingerprint density at radius 1 is 1.29 bits per heavy atom. The molecular weight excluding hydrogens is 288 g/mol. The van der Waals surface area contributed by atoms with Gasteiger partial charge in [0.2, 0.25) is 0 Å².